The van der Waals surface area contributed by atoms with Crippen LogP contribution in [0, 0.1) is 13.8 Å². The molecule has 1 unspecified atom stereocenters. The Kier molecular flexibility index (Phi) is 5.94. The highest BCUT2D eigenvalue weighted by molar-refractivity contribution is 5.94. The van der Waals surface area contributed by atoms with Crippen LogP contribution in [-0.4, -0.2) is 17.6 Å². The molecule has 0 saturated heterocycles. The van der Waals surface area contributed by atoms with Gasteiger partial charge in [-0.25, -0.2) is 0 Å². The highest BCUT2D eigenvalue weighted by Gasteiger charge is 2.15. The van der Waals surface area contributed by atoms with Crippen molar-refractivity contribution < 1.29 is 19.1 Å². The minimum atomic E-state index is -0.663. The molecule has 0 bridgehead atoms. The number of aliphatic hydroxyl groups is 1. The van der Waals surface area contributed by atoms with Gasteiger partial charge in [-0.3, -0.25) is 4.79 Å². The Morgan fingerprint density at radius 3 is 2.37 bits per heavy atom. The average Bonchev–Trinajstić information content (AvgIpc) is 3.01. The van der Waals surface area contributed by atoms with Gasteiger partial charge in [0.25, 0.3) is 5.91 Å². The van der Waals surface area contributed by atoms with E-state index in [2.05, 4.69) is 5.32 Å². The lowest BCUT2D eigenvalue weighted by atomic mass is 10.1. The van der Waals surface area contributed by atoms with Crippen LogP contribution in [-0.2, 0) is 0 Å². The summed E-state index contributed by atoms with van der Waals surface area (Å²) in [5.41, 5.74) is 1.31. The van der Waals surface area contributed by atoms with E-state index in [1.54, 1.807) is 24.3 Å². The van der Waals surface area contributed by atoms with Crippen molar-refractivity contribution in [3.63, 3.8) is 0 Å². The van der Waals surface area contributed by atoms with Crippen LogP contribution in [0.3, 0.4) is 0 Å². The molecule has 140 valence electrons. The molecule has 2 N–H and O–H groups in total. The van der Waals surface area contributed by atoms with Crippen molar-refractivity contribution in [2.45, 2.75) is 26.4 Å². The number of hydrogen-bond acceptors (Lipinski definition) is 4. The third-order valence-electron chi connectivity index (χ3n) is 4.24. The van der Waals surface area contributed by atoms with Gasteiger partial charge in [-0.15, -0.1) is 0 Å². The molecule has 0 radical (unpaired) electrons. The Morgan fingerprint density at radius 2 is 1.74 bits per heavy atom. The first-order chi connectivity index (χ1) is 13.0. The maximum Gasteiger partial charge on any atom is 0.251 e. The standard InChI is InChI=1S/C22H23NO4/c1-15-14-20(16(2)26-15)21(24)12-13-23-22(25)17-8-10-19(11-9-17)27-18-6-4-3-5-7-18/h3-11,14,21,24H,12-13H2,1-2H3,(H,23,25). The number of benzene rings is 2. The molecule has 0 aliphatic heterocycles. The second-order valence-electron chi connectivity index (χ2n) is 6.37. The first kappa shape index (κ1) is 18.7. The number of rotatable bonds is 7. The van der Waals surface area contributed by atoms with E-state index in [9.17, 15) is 9.90 Å². The molecule has 3 aromatic rings. The molecule has 5 heteroatoms. The summed E-state index contributed by atoms with van der Waals surface area (Å²) in [5, 5.41) is 13.1. The number of hydrogen-bond donors (Lipinski definition) is 2. The van der Waals surface area contributed by atoms with Crippen molar-refractivity contribution in [3.8, 4) is 11.5 Å². The van der Waals surface area contributed by atoms with E-state index in [0.717, 1.165) is 17.1 Å². The van der Waals surface area contributed by atoms with E-state index in [0.29, 0.717) is 30.0 Å². The monoisotopic (exact) mass is 365 g/mol. The number of amides is 1. The highest BCUT2D eigenvalue weighted by atomic mass is 16.5. The molecule has 27 heavy (non-hydrogen) atoms. The molecule has 1 heterocycles. The van der Waals surface area contributed by atoms with Crippen molar-refractivity contribution in [3.05, 3.63) is 83.3 Å². The van der Waals surface area contributed by atoms with E-state index >= 15 is 0 Å². The van der Waals surface area contributed by atoms with Gasteiger partial charge < -0.3 is 19.6 Å². The summed E-state index contributed by atoms with van der Waals surface area (Å²) < 4.78 is 11.1. The summed E-state index contributed by atoms with van der Waals surface area (Å²) in [5.74, 6) is 2.70. The van der Waals surface area contributed by atoms with E-state index in [-0.39, 0.29) is 5.91 Å². The largest absolute Gasteiger partial charge is 0.466 e. The zero-order chi connectivity index (χ0) is 19.2. The summed E-state index contributed by atoms with van der Waals surface area (Å²) >= 11 is 0. The van der Waals surface area contributed by atoms with E-state index in [4.69, 9.17) is 9.15 Å². The van der Waals surface area contributed by atoms with Crippen LogP contribution >= 0.6 is 0 Å². The molecule has 1 amide bonds. The Bertz CT molecular complexity index is 884. The van der Waals surface area contributed by atoms with Crippen molar-refractivity contribution in [2.24, 2.45) is 0 Å². The lowest BCUT2D eigenvalue weighted by Crippen LogP contribution is -2.25. The third-order valence-corrected chi connectivity index (χ3v) is 4.24. The minimum Gasteiger partial charge on any atom is -0.466 e. The summed E-state index contributed by atoms with van der Waals surface area (Å²) in [6.45, 7) is 4.03. The summed E-state index contributed by atoms with van der Waals surface area (Å²) in [6, 6.07) is 18.2. The maximum absolute atomic E-state index is 12.3. The topological polar surface area (TPSA) is 71.7 Å². The third kappa shape index (κ3) is 4.99. The van der Waals surface area contributed by atoms with Gasteiger partial charge in [0.15, 0.2) is 0 Å². The van der Waals surface area contributed by atoms with Crippen LogP contribution in [0.1, 0.15) is 40.0 Å². The molecule has 0 aliphatic carbocycles. The van der Waals surface area contributed by atoms with Gasteiger partial charge in [0, 0.05) is 17.7 Å². The average molecular weight is 365 g/mol. The summed E-state index contributed by atoms with van der Waals surface area (Å²) in [4.78, 5) is 12.3. The number of nitrogens with one attached hydrogen (secondary N) is 1. The predicted molar refractivity (Wildman–Crippen MR) is 103 cm³/mol. The molecule has 3 rings (SSSR count). The van der Waals surface area contributed by atoms with Gasteiger partial charge in [0.05, 0.1) is 6.10 Å². The van der Waals surface area contributed by atoms with Crippen LogP contribution in [0.2, 0.25) is 0 Å². The second kappa shape index (κ2) is 8.56. The summed E-state index contributed by atoms with van der Waals surface area (Å²) in [6.07, 6.45) is -0.245. The fourth-order valence-electron chi connectivity index (χ4n) is 2.86. The molecule has 1 atom stereocenters. The van der Waals surface area contributed by atoms with E-state index in [1.807, 2.05) is 50.2 Å². The quantitative estimate of drug-likeness (QED) is 0.645. The Morgan fingerprint density at radius 1 is 1.07 bits per heavy atom. The lowest BCUT2D eigenvalue weighted by molar-refractivity contribution is 0.0942. The van der Waals surface area contributed by atoms with Gasteiger partial charge in [-0.2, -0.15) is 0 Å². The lowest BCUT2D eigenvalue weighted by Gasteiger charge is -2.11. The second-order valence-corrected chi connectivity index (χ2v) is 6.37. The van der Waals surface area contributed by atoms with Gasteiger partial charge in [0.1, 0.15) is 23.0 Å². The molecule has 5 nitrogen and oxygen atoms in total. The smallest absolute Gasteiger partial charge is 0.251 e. The van der Waals surface area contributed by atoms with Gasteiger partial charge in [-0.1, -0.05) is 18.2 Å². The van der Waals surface area contributed by atoms with Crippen molar-refractivity contribution in [1.82, 2.24) is 5.32 Å². The Hall–Kier alpha value is -3.05. The van der Waals surface area contributed by atoms with Gasteiger partial charge in [0.2, 0.25) is 0 Å². The molecule has 2 aromatic carbocycles. The molecule has 0 spiro atoms. The number of aliphatic hydroxyl groups excluding tert-OH is 1. The van der Waals surface area contributed by atoms with Crippen LogP contribution in [0.15, 0.2) is 65.1 Å². The van der Waals surface area contributed by atoms with Crippen LogP contribution in [0.5, 0.6) is 11.5 Å². The number of para-hydroxylation sites is 1. The number of carbonyl (C=O) groups excluding carboxylic acids is 1. The fourth-order valence-corrected chi connectivity index (χ4v) is 2.86. The minimum absolute atomic E-state index is 0.187. The van der Waals surface area contributed by atoms with E-state index in [1.165, 1.54) is 0 Å². The van der Waals surface area contributed by atoms with E-state index < -0.39 is 6.10 Å². The molecule has 1 aromatic heterocycles. The molecule has 0 fully saturated rings. The predicted octanol–water partition coefficient (Wildman–Crippen LogP) is 4.54. The molecule has 0 saturated carbocycles. The highest BCUT2D eigenvalue weighted by Crippen LogP contribution is 2.24. The normalized spacial score (nSPS) is 11.8. The van der Waals surface area contributed by atoms with Gasteiger partial charge >= 0.3 is 0 Å². The number of carbonyl (C=O) groups is 1. The SMILES string of the molecule is Cc1cc(C(O)CCNC(=O)c2ccc(Oc3ccccc3)cc2)c(C)o1. The Labute approximate surface area is 158 Å². The van der Waals surface area contributed by atoms with Crippen molar-refractivity contribution >= 4 is 5.91 Å². The van der Waals surface area contributed by atoms with Crippen molar-refractivity contribution in [1.29, 1.82) is 0 Å². The zero-order valence-electron chi connectivity index (χ0n) is 15.4. The van der Waals surface area contributed by atoms with Crippen molar-refractivity contribution in [2.75, 3.05) is 6.54 Å². The van der Waals surface area contributed by atoms with Crippen LogP contribution in [0.4, 0.5) is 0 Å². The molecule has 0 aliphatic rings. The van der Waals surface area contributed by atoms with Crippen LogP contribution in [0.25, 0.3) is 0 Å². The first-order valence-electron chi connectivity index (χ1n) is 8.89. The molecular formula is C22H23NO4. The summed E-state index contributed by atoms with van der Waals surface area (Å²) in [7, 11) is 0. The Balaban J connectivity index is 1.50. The van der Waals surface area contributed by atoms with Gasteiger partial charge in [-0.05, 0) is 62.7 Å². The number of aryl methyl sites for hydroxylation is 2. The van der Waals surface area contributed by atoms with Crippen LogP contribution < -0.4 is 10.1 Å². The molecular weight excluding hydrogens is 342 g/mol. The maximum atomic E-state index is 12.3. The first-order valence-corrected chi connectivity index (χ1v) is 8.89. The zero-order valence-corrected chi connectivity index (χ0v) is 15.4. The number of furan rings is 1. The number of ether oxygens (including phenoxy) is 1. The fraction of sp³-hybridized carbons (Fsp3) is 0.227.